The summed E-state index contributed by atoms with van der Waals surface area (Å²) in [5.41, 5.74) is 5.34. The SMILES string of the molecule is CCC1(CNC(=O)c2c(Cl)cccc2OCc2cc(=O)n3[nH]c(-c4ccccc4)nc3n2)CC1.CCC1(NC(=O)c2c(Cl)cccc2OCc2cc(=O)n3[nH]c(-c4ccccc4)nc3n2)CCCC1.CCCC1(CNC(=O)c2c(Cl)cccc2OCc2cc(=O)n3[nH]c(-c4ccccc4)nc3n2)CC1.COc1ccccc1C1(NC(=O)c2c(Cl)cccc2OCc2cc(=O)n3[nH]c(-c4ccccc4)nc3n2)CC1. The van der Waals surface area contributed by atoms with Gasteiger partial charge in [-0.05, 0) is 136 Å². The standard InChI is InChI=1S/C29H24ClN5O4.2C26H26ClN5O3.C25H24ClN5O3/c1-38-22-12-6-5-10-20(22)29(14-15-29)33-27(37)25-21(30)11-7-13-23(25)39-17-19-16-24(36)35-28(31-19)32-26(34-35)18-8-3-2-4-9-18;1-2-26(13-6-7-14-26)30-24(34)22-19(27)11-8-12-20(22)35-16-18-15-21(33)32-25(28-18)29-23(31-32)17-9-4-3-5-10-17;1-2-11-26(12-13-26)16-28-24(34)22-19(27)9-6-10-20(22)35-15-18-14-21(33)32-25(29-18)30-23(31-32)17-7-4-3-5-8-17;1-2-25(11-12-25)15-27-23(33)21-18(26)9-6-10-19(21)34-14-17-13-20(32)31-24(28-17)29-22(30-31)16-7-4-3-5-8-16/h2-13,16H,14-15,17H2,1H3,(H,33,37)(H,31,32,34);3-5,8-12,15H,2,6-7,13-14,16H2,1H3,(H,30,34)(H,28,29,31);3-10,14H,2,11-13,15-16H2,1H3,(H,28,34)(H,29,30,31);3-10,13H,2,11-12,14-15H2,1H3,(H,27,33)(H,28,29,30). The van der Waals surface area contributed by atoms with E-state index in [1.165, 1.54) is 42.3 Å². The van der Waals surface area contributed by atoms with E-state index < -0.39 is 5.54 Å². The van der Waals surface area contributed by atoms with Crippen molar-refractivity contribution in [3.05, 3.63) is 355 Å². The van der Waals surface area contributed by atoms with Gasteiger partial charge in [0.25, 0.3) is 69.0 Å². The molecule has 21 rings (SSSR count). The van der Waals surface area contributed by atoms with E-state index in [0.29, 0.717) is 97.2 Å². The van der Waals surface area contributed by atoms with Crippen molar-refractivity contribution in [1.82, 2.24) is 99.6 Å². The van der Waals surface area contributed by atoms with Crippen LogP contribution in [0.25, 0.3) is 68.7 Å². The molecule has 37 heteroatoms. The van der Waals surface area contributed by atoms with Gasteiger partial charge in [0.05, 0.1) is 77.8 Å². The average Bonchev–Trinajstić information content (AvgIpc) is 1.59. The summed E-state index contributed by atoms with van der Waals surface area (Å²) in [6, 6.07) is 71.3. The summed E-state index contributed by atoms with van der Waals surface area (Å²) in [7, 11) is 1.61. The third-order valence-electron chi connectivity index (χ3n) is 26.1. The number of carbonyl (C=O) groups excluding carboxylic acids is 4. The number of hydrogen-bond donors (Lipinski definition) is 8. The van der Waals surface area contributed by atoms with Crippen molar-refractivity contribution in [3.63, 3.8) is 0 Å². The van der Waals surface area contributed by atoms with Crippen LogP contribution in [-0.2, 0) is 32.0 Å². The number of fused-ring (bicyclic) bond motifs is 4. The summed E-state index contributed by atoms with van der Waals surface area (Å²) < 4.78 is 34.4. The topological polar surface area (TPSA) is 415 Å². The van der Waals surface area contributed by atoms with Gasteiger partial charge in [-0.1, -0.05) is 250 Å². The maximum Gasteiger partial charge on any atom is 0.274 e. The van der Waals surface area contributed by atoms with Crippen LogP contribution in [0.15, 0.2) is 262 Å². The van der Waals surface area contributed by atoms with Gasteiger partial charge in [-0.25, -0.2) is 19.9 Å². The molecule has 8 heterocycles. The molecule has 0 atom stereocenters. The second-order valence-electron chi connectivity index (χ2n) is 35.7. The summed E-state index contributed by atoms with van der Waals surface area (Å²) in [6.07, 6.45) is 14.3. The molecule has 4 saturated carbocycles. The van der Waals surface area contributed by atoms with Gasteiger partial charge in [0.1, 0.15) is 55.2 Å². The van der Waals surface area contributed by atoms with Gasteiger partial charge in [0, 0.05) is 70.7 Å². The van der Waals surface area contributed by atoms with Crippen molar-refractivity contribution in [3.8, 4) is 74.3 Å². The Morgan fingerprint density at radius 2 is 0.643 bits per heavy atom. The molecule has 8 N–H and O–H groups in total. The van der Waals surface area contributed by atoms with Crippen LogP contribution in [0.2, 0.25) is 20.1 Å². The minimum atomic E-state index is -0.530. The molecule has 0 bridgehead atoms. The van der Waals surface area contributed by atoms with Crippen molar-refractivity contribution >= 4 is 93.1 Å². The van der Waals surface area contributed by atoms with Gasteiger partial charge in [0.2, 0.25) is 0 Å². The normalized spacial score (nSPS) is 14.2. The number of aromatic amines is 4. The number of nitrogens with one attached hydrogen (secondary N) is 8. The molecule has 730 valence electrons. The number of hydrogen-bond acceptors (Lipinski definition) is 21. The molecule has 0 spiro atoms. The van der Waals surface area contributed by atoms with Crippen molar-refractivity contribution in [2.24, 2.45) is 10.8 Å². The van der Waals surface area contributed by atoms with Gasteiger partial charge in [-0.15, -0.1) is 0 Å². The fourth-order valence-corrected chi connectivity index (χ4v) is 18.5. The maximum absolute atomic E-state index is 13.5. The second-order valence-corrected chi connectivity index (χ2v) is 37.4. The zero-order valence-electron chi connectivity index (χ0n) is 78.4. The molecule has 33 nitrogen and oxygen atoms in total. The van der Waals surface area contributed by atoms with Crippen molar-refractivity contribution in [1.29, 1.82) is 0 Å². The number of carbonyl (C=O) groups is 4. The zero-order chi connectivity index (χ0) is 99.5. The molecule has 4 aliphatic rings. The minimum Gasteiger partial charge on any atom is -0.496 e. The number of nitrogens with zero attached hydrogens (tertiary/aromatic N) is 12. The van der Waals surface area contributed by atoms with Crippen LogP contribution in [0.4, 0.5) is 0 Å². The lowest BCUT2D eigenvalue weighted by Crippen LogP contribution is -2.45. The number of ether oxygens (including phenoxy) is 5. The van der Waals surface area contributed by atoms with Crippen LogP contribution in [0.1, 0.15) is 180 Å². The zero-order valence-corrected chi connectivity index (χ0v) is 81.4. The molecule has 143 heavy (non-hydrogen) atoms. The third-order valence-corrected chi connectivity index (χ3v) is 27.3. The monoisotopic (exact) mass is 2000 g/mol. The Morgan fingerprint density at radius 1 is 0.343 bits per heavy atom. The van der Waals surface area contributed by atoms with E-state index in [1.807, 2.05) is 146 Å². The number of benzene rings is 9. The molecule has 0 saturated heterocycles. The van der Waals surface area contributed by atoms with Crippen LogP contribution >= 0.6 is 46.4 Å². The van der Waals surface area contributed by atoms with Gasteiger partial charge < -0.3 is 45.0 Å². The summed E-state index contributed by atoms with van der Waals surface area (Å²) >= 11 is 25.6. The lowest BCUT2D eigenvalue weighted by molar-refractivity contribution is 0.0888. The van der Waals surface area contributed by atoms with E-state index in [9.17, 15) is 38.4 Å². The molecular weight excluding hydrogens is 1900 g/mol. The van der Waals surface area contributed by atoms with E-state index >= 15 is 0 Å². The summed E-state index contributed by atoms with van der Waals surface area (Å²) in [5.74, 6) is 3.94. The molecule has 4 fully saturated rings. The van der Waals surface area contributed by atoms with Crippen LogP contribution in [0.3, 0.4) is 0 Å². The molecule has 0 radical (unpaired) electrons. The number of amides is 4. The quantitative estimate of drug-likeness (QED) is 0.0194. The van der Waals surface area contributed by atoms with E-state index in [4.69, 9.17) is 70.1 Å². The largest absolute Gasteiger partial charge is 0.496 e. The minimum absolute atomic E-state index is 0.0142. The van der Waals surface area contributed by atoms with Crippen LogP contribution in [0.5, 0.6) is 28.7 Å². The van der Waals surface area contributed by atoms with E-state index in [-0.39, 0.29) is 145 Å². The van der Waals surface area contributed by atoms with Gasteiger partial charge in [-0.3, -0.25) is 58.8 Å². The van der Waals surface area contributed by atoms with Gasteiger partial charge in [0.15, 0.2) is 23.3 Å². The number of methoxy groups -OCH3 is 1. The van der Waals surface area contributed by atoms with E-state index in [0.717, 1.165) is 118 Å². The Bertz CT molecular complexity index is 7830. The van der Waals surface area contributed by atoms with E-state index in [1.54, 1.807) is 79.9 Å². The third kappa shape index (κ3) is 22.4. The second kappa shape index (κ2) is 42.9. The number of rotatable bonds is 32. The molecule has 8 aromatic heterocycles. The highest BCUT2D eigenvalue weighted by molar-refractivity contribution is 6.35. The molecule has 0 unspecified atom stereocenters. The van der Waals surface area contributed by atoms with Crippen LogP contribution in [0, 0.1) is 10.8 Å². The Balaban J connectivity index is 0.000000126. The smallest absolute Gasteiger partial charge is 0.274 e. The fraction of sp³-hybridized carbons (Fsp3) is 0.264. The fourth-order valence-electron chi connectivity index (χ4n) is 17.5. The Kier molecular flexibility index (Phi) is 29.3. The van der Waals surface area contributed by atoms with Gasteiger partial charge in [-0.2, -0.15) is 38.0 Å². The Morgan fingerprint density at radius 3 is 0.944 bits per heavy atom. The van der Waals surface area contributed by atoms with Crippen molar-refractivity contribution in [2.45, 2.75) is 148 Å². The maximum atomic E-state index is 13.5. The average molecular weight is 2000 g/mol. The van der Waals surface area contributed by atoms with Crippen LogP contribution < -0.4 is 67.2 Å². The highest BCUT2D eigenvalue weighted by Crippen LogP contribution is 2.51. The molecule has 4 amide bonds. The lowest BCUT2D eigenvalue weighted by Gasteiger charge is -2.29. The highest BCUT2D eigenvalue weighted by Gasteiger charge is 2.49. The first-order valence-electron chi connectivity index (χ1n) is 47.1. The first-order valence-corrected chi connectivity index (χ1v) is 48.6. The Hall–Kier alpha value is -15.6. The first-order chi connectivity index (χ1) is 69.4. The van der Waals surface area contributed by atoms with E-state index in [2.05, 4.69) is 102 Å². The molecule has 9 aromatic carbocycles. The summed E-state index contributed by atoms with van der Waals surface area (Å²) in [4.78, 5) is 139. The molecule has 4 aliphatic carbocycles. The van der Waals surface area contributed by atoms with Gasteiger partial charge >= 0.3 is 0 Å². The Labute approximate surface area is 838 Å². The summed E-state index contributed by atoms with van der Waals surface area (Å²) in [6.45, 7) is 7.53. The molecule has 0 aliphatic heterocycles. The number of halogens is 4. The van der Waals surface area contributed by atoms with Crippen molar-refractivity contribution < 1.29 is 42.9 Å². The highest BCUT2D eigenvalue weighted by atomic mass is 35.5. The number of para-hydroxylation sites is 1. The molecule has 17 aromatic rings. The summed E-state index contributed by atoms with van der Waals surface area (Å²) in [5, 5.41) is 25.4. The molecular formula is C106H100Cl4N20O13. The predicted octanol–water partition coefficient (Wildman–Crippen LogP) is 18.4. The number of H-pyrrole nitrogens is 4. The van der Waals surface area contributed by atoms with Crippen LogP contribution in [-0.4, -0.2) is 128 Å². The van der Waals surface area contributed by atoms with Crippen molar-refractivity contribution in [2.75, 3.05) is 20.2 Å². The lowest BCUT2D eigenvalue weighted by atomic mass is 9.93. The first kappa shape index (κ1) is 97.6. The predicted molar refractivity (Wildman–Crippen MR) is 543 cm³/mol. The number of aromatic nitrogens is 16.